The molecule has 0 aromatic heterocycles. The van der Waals surface area contributed by atoms with Crippen LogP contribution >= 0.6 is 0 Å². The second kappa shape index (κ2) is 5.52. The Morgan fingerprint density at radius 2 is 1.81 bits per heavy atom. The van der Waals surface area contributed by atoms with Crippen molar-refractivity contribution in [3.05, 3.63) is 35.4 Å². The predicted octanol–water partition coefficient (Wildman–Crippen LogP) is 5.00. The van der Waals surface area contributed by atoms with Crippen molar-refractivity contribution < 1.29 is 1.43 Å². The third kappa shape index (κ3) is 3.37. The van der Waals surface area contributed by atoms with Gasteiger partial charge in [-0.05, 0) is 37.2 Å². The molecule has 2 rings (SSSR count). The molecule has 16 heavy (non-hydrogen) atoms. The normalized spacial score (nSPS) is 26.4. The van der Waals surface area contributed by atoms with Gasteiger partial charge < -0.3 is 0 Å². The molecule has 0 spiro atoms. The maximum atomic E-state index is 2.41. The number of hydrogen-bond acceptors (Lipinski definition) is 0. The standard InChI is InChI=1S/C16H24.H2/c1-13-4-3-5-15(9-6-13)12-16-10-7-14(2)8-11-16;/h7-8,10-11,13,15H,3-6,9,12H2,1-2H3;1H/t13-,15?;/m0./s1. The molecule has 1 unspecified atom stereocenters. The van der Waals surface area contributed by atoms with Crippen LogP contribution in [0.15, 0.2) is 24.3 Å². The quantitative estimate of drug-likeness (QED) is 0.613. The van der Waals surface area contributed by atoms with Crippen molar-refractivity contribution in [1.82, 2.24) is 0 Å². The lowest BCUT2D eigenvalue weighted by Gasteiger charge is -2.14. The zero-order valence-electron chi connectivity index (χ0n) is 10.7. The summed E-state index contributed by atoms with van der Waals surface area (Å²) in [5.74, 6) is 1.90. The van der Waals surface area contributed by atoms with Crippen LogP contribution in [-0.4, -0.2) is 0 Å². The minimum atomic E-state index is 0. The lowest BCUT2D eigenvalue weighted by Crippen LogP contribution is -2.03. The summed E-state index contributed by atoms with van der Waals surface area (Å²) in [7, 11) is 0. The summed E-state index contributed by atoms with van der Waals surface area (Å²) in [5.41, 5.74) is 2.91. The fraction of sp³-hybridized carbons (Fsp3) is 0.625. The molecule has 0 aliphatic heterocycles. The van der Waals surface area contributed by atoms with Crippen LogP contribution in [0.25, 0.3) is 0 Å². The summed E-state index contributed by atoms with van der Waals surface area (Å²) in [6.45, 7) is 4.57. The predicted molar refractivity (Wildman–Crippen MR) is 72.7 cm³/mol. The van der Waals surface area contributed by atoms with Crippen LogP contribution in [0.1, 0.15) is 51.6 Å². The second-order valence-corrected chi connectivity index (χ2v) is 5.67. The molecule has 0 saturated heterocycles. The molecule has 1 aromatic carbocycles. The van der Waals surface area contributed by atoms with Crippen LogP contribution in [0.2, 0.25) is 0 Å². The van der Waals surface area contributed by atoms with Crippen molar-refractivity contribution in [2.45, 2.75) is 52.4 Å². The summed E-state index contributed by atoms with van der Waals surface area (Å²) < 4.78 is 0. The largest absolute Gasteiger partial charge is 0.0625 e. The van der Waals surface area contributed by atoms with Gasteiger partial charge in [0.1, 0.15) is 0 Å². The second-order valence-electron chi connectivity index (χ2n) is 5.67. The molecular weight excluding hydrogens is 192 g/mol. The molecule has 1 saturated carbocycles. The maximum absolute atomic E-state index is 2.41. The van der Waals surface area contributed by atoms with Gasteiger partial charge in [0, 0.05) is 1.43 Å². The maximum Gasteiger partial charge on any atom is 0 e. The monoisotopic (exact) mass is 218 g/mol. The van der Waals surface area contributed by atoms with Gasteiger partial charge in [-0.2, -0.15) is 0 Å². The number of benzene rings is 1. The van der Waals surface area contributed by atoms with E-state index in [4.69, 9.17) is 0 Å². The summed E-state index contributed by atoms with van der Waals surface area (Å²) >= 11 is 0. The van der Waals surface area contributed by atoms with Crippen LogP contribution < -0.4 is 0 Å². The molecule has 90 valence electrons. The first-order valence-corrected chi connectivity index (χ1v) is 6.79. The van der Waals surface area contributed by atoms with Gasteiger partial charge in [0.25, 0.3) is 0 Å². The van der Waals surface area contributed by atoms with Crippen LogP contribution in [0.5, 0.6) is 0 Å². The van der Waals surface area contributed by atoms with E-state index in [-0.39, 0.29) is 1.43 Å². The molecule has 0 heterocycles. The molecule has 0 bridgehead atoms. The van der Waals surface area contributed by atoms with Crippen molar-refractivity contribution in [3.8, 4) is 0 Å². The fourth-order valence-electron chi connectivity index (χ4n) is 2.83. The SMILES string of the molecule is Cc1ccc(CC2CCC[C@H](C)CC2)cc1.[HH]. The molecule has 2 atom stereocenters. The van der Waals surface area contributed by atoms with Gasteiger partial charge in [0.15, 0.2) is 0 Å². The Labute approximate surface area is 102 Å². The van der Waals surface area contributed by atoms with E-state index in [1.165, 1.54) is 49.7 Å². The van der Waals surface area contributed by atoms with Gasteiger partial charge in [-0.15, -0.1) is 0 Å². The summed E-state index contributed by atoms with van der Waals surface area (Å²) in [6.07, 6.45) is 8.51. The van der Waals surface area contributed by atoms with Crippen molar-refractivity contribution in [1.29, 1.82) is 0 Å². The Bertz CT molecular complexity index is 315. The van der Waals surface area contributed by atoms with E-state index in [0.29, 0.717) is 0 Å². The van der Waals surface area contributed by atoms with Crippen molar-refractivity contribution in [2.75, 3.05) is 0 Å². The molecule has 0 N–H and O–H groups in total. The highest BCUT2D eigenvalue weighted by atomic mass is 14.2. The Balaban J connectivity index is 0.00000144. The molecule has 1 aromatic rings. The third-order valence-electron chi connectivity index (χ3n) is 4.02. The Kier molecular flexibility index (Phi) is 4.04. The molecule has 1 aliphatic carbocycles. The lowest BCUT2D eigenvalue weighted by molar-refractivity contribution is 0.443. The van der Waals surface area contributed by atoms with Gasteiger partial charge in [-0.3, -0.25) is 0 Å². The van der Waals surface area contributed by atoms with Gasteiger partial charge in [-0.25, -0.2) is 0 Å². The van der Waals surface area contributed by atoms with E-state index >= 15 is 0 Å². The first-order valence-electron chi connectivity index (χ1n) is 6.79. The highest BCUT2D eigenvalue weighted by Gasteiger charge is 2.16. The molecule has 1 aliphatic rings. The molecule has 0 heteroatoms. The summed E-state index contributed by atoms with van der Waals surface area (Å²) in [5, 5.41) is 0. The van der Waals surface area contributed by atoms with Gasteiger partial charge in [0.2, 0.25) is 0 Å². The summed E-state index contributed by atoms with van der Waals surface area (Å²) in [4.78, 5) is 0. The average Bonchev–Trinajstić information content (AvgIpc) is 2.47. The number of rotatable bonds is 2. The van der Waals surface area contributed by atoms with Crippen molar-refractivity contribution >= 4 is 0 Å². The van der Waals surface area contributed by atoms with Crippen molar-refractivity contribution in [3.63, 3.8) is 0 Å². The van der Waals surface area contributed by atoms with E-state index < -0.39 is 0 Å². The van der Waals surface area contributed by atoms with Crippen LogP contribution in [0.3, 0.4) is 0 Å². The number of aryl methyl sites for hydroxylation is 1. The van der Waals surface area contributed by atoms with E-state index in [1.807, 2.05) is 0 Å². The third-order valence-corrected chi connectivity index (χ3v) is 4.02. The Morgan fingerprint density at radius 1 is 1.06 bits per heavy atom. The van der Waals surface area contributed by atoms with Crippen LogP contribution in [-0.2, 0) is 6.42 Å². The van der Waals surface area contributed by atoms with Crippen molar-refractivity contribution in [2.24, 2.45) is 11.8 Å². The van der Waals surface area contributed by atoms with E-state index in [2.05, 4.69) is 38.1 Å². The molecule has 0 radical (unpaired) electrons. The zero-order chi connectivity index (χ0) is 11.4. The first kappa shape index (κ1) is 11.7. The Hall–Kier alpha value is -0.780. The van der Waals surface area contributed by atoms with E-state index in [1.54, 1.807) is 0 Å². The summed E-state index contributed by atoms with van der Waals surface area (Å²) in [6, 6.07) is 9.11. The Morgan fingerprint density at radius 3 is 2.56 bits per heavy atom. The molecule has 1 fully saturated rings. The van der Waals surface area contributed by atoms with Crippen LogP contribution in [0, 0.1) is 18.8 Å². The fourth-order valence-corrected chi connectivity index (χ4v) is 2.83. The molecular formula is C16H26. The first-order chi connectivity index (χ1) is 7.74. The minimum absolute atomic E-state index is 0. The highest BCUT2D eigenvalue weighted by Crippen LogP contribution is 2.29. The van der Waals surface area contributed by atoms with Gasteiger partial charge in [0.05, 0.1) is 0 Å². The van der Waals surface area contributed by atoms with Gasteiger partial charge in [-0.1, -0.05) is 62.4 Å². The lowest BCUT2D eigenvalue weighted by atomic mass is 9.92. The zero-order valence-corrected chi connectivity index (χ0v) is 10.7. The highest BCUT2D eigenvalue weighted by molar-refractivity contribution is 5.21. The molecule has 0 nitrogen and oxygen atoms in total. The topological polar surface area (TPSA) is 0 Å². The average molecular weight is 218 g/mol. The minimum Gasteiger partial charge on any atom is -0.0625 e. The van der Waals surface area contributed by atoms with E-state index in [0.717, 1.165) is 11.8 Å². The van der Waals surface area contributed by atoms with E-state index in [9.17, 15) is 0 Å². The van der Waals surface area contributed by atoms with Gasteiger partial charge >= 0.3 is 0 Å². The van der Waals surface area contributed by atoms with Crippen LogP contribution in [0.4, 0.5) is 0 Å². The smallest absolute Gasteiger partial charge is 0 e. The molecule has 0 amide bonds. The number of hydrogen-bond donors (Lipinski definition) is 0.